The van der Waals surface area contributed by atoms with Gasteiger partial charge in [-0.15, -0.1) is 0 Å². The fraction of sp³-hybridized carbons (Fsp3) is 0.632. The minimum absolute atomic E-state index is 0.0783. The number of ketones is 1. The standard InChI is InChI=1S/C19H24O2/c1-18-9-7-13(20)11-12(18)3-4-14-15-5-6-17(21)19(15,2)10-8-16(14)18/h3-4,7,9,11-12,14-16,20H,5-6,8,10H2,1-2H3/t12?,14-,15-,16+,18-,19-/m0/s1. The summed E-state index contributed by atoms with van der Waals surface area (Å²) in [6.45, 7) is 4.53. The molecule has 0 spiro atoms. The van der Waals surface area contributed by atoms with Crippen LogP contribution in [0, 0.1) is 34.5 Å². The van der Waals surface area contributed by atoms with E-state index in [0.29, 0.717) is 35.2 Å². The highest BCUT2D eigenvalue weighted by molar-refractivity contribution is 5.87. The Balaban J connectivity index is 1.75. The highest BCUT2D eigenvalue weighted by atomic mass is 16.3. The van der Waals surface area contributed by atoms with E-state index in [1.165, 1.54) is 0 Å². The maximum Gasteiger partial charge on any atom is 0.139 e. The van der Waals surface area contributed by atoms with E-state index in [1.807, 2.05) is 12.2 Å². The molecule has 0 amide bonds. The zero-order valence-electron chi connectivity index (χ0n) is 12.9. The summed E-state index contributed by atoms with van der Waals surface area (Å²) < 4.78 is 0. The first-order chi connectivity index (χ1) is 9.95. The molecule has 1 unspecified atom stereocenters. The second-order valence-electron chi connectivity index (χ2n) is 7.91. The third-order valence-corrected chi connectivity index (χ3v) is 7.06. The van der Waals surface area contributed by atoms with Crippen LogP contribution >= 0.6 is 0 Å². The van der Waals surface area contributed by atoms with Crippen molar-refractivity contribution in [3.63, 3.8) is 0 Å². The van der Waals surface area contributed by atoms with Crippen molar-refractivity contribution in [3.05, 3.63) is 36.1 Å². The van der Waals surface area contributed by atoms with Crippen LogP contribution in [-0.4, -0.2) is 10.9 Å². The third kappa shape index (κ3) is 1.62. The monoisotopic (exact) mass is 284 g/mol. The van der Waals surface area contributed by atoms with Gasteiger partial charge in [0.2, 0.25) is 0 Å². The molecule has 0 bridgehead atoms. The molecule has 0 saturated heterocycles. The van der Waals surface area contributed by atoms with E-state index < -0.39 is 0 Å². The van der Waals surface area contributed by atoms with Gasteiger partial charge in [-0.25, -0.2) is 0 Å². The Kier molecular flexibility index (Phi) is 2.62. The summed E-state index contributed by atoms with van der Waals surface area (Å²) >= 11 is 0. The summed E-state index contributed by atoms with van der Waals surface area (Å²) in [7, 11) is 0. The number of carbonyl (C=O) groups excluding carboxylic acids is 1. The highest BCUT2D eigenvalue weighted by Crippen LogP contribution is 2.62. The number of allylic oxidation sites excluding steroid dienone is 5. The van der Waals surface area contributed by atoms with Gasteiger partial charge in [0.1, 0.15) is 11.5 Å². The van der Waals surface area contributed by atoms with Crippen molar-refractivity contribution >= 4 is 5.78 Å². The Morgan fingerprint density at radius 3 is 2.81 bits per heavy atom. The molecular weight excluding hydrogens is 260 g/mol. The predicted molar refractivity (Wildman–Crippen MR) is 82.6 cm³/mol. The van der Waals surface area contributed by atoms with Gasteiger partial charge in [-0.1, -0.05) is 32.1 Å². The summed E-state index contributed by atoms with van der Waals surface area (Å²) in [4.78, 5) is 12.3. The number of rotatable bonds is 0. The van der Waals surface area contributed by atoms with Gasteiger partial charge >= 0.3 is 0 Å². The first-order valence-corrected chi connectivity index (χ1v) is 8.27. The van der Waals surface area contributed by atoms with Gasteiger partial charge in [-0.2, -0.15) is 0 Å². The maximum absolute atomic E-state index is 12.3. The van der Waals surface area contributed by atoms with Crippen LogP contribution in [0.1, 0.15) is 39.5 Å². The van der Waals surface area contributed by atoms with Gasteiger partial charge in [0.15, 0.2) is 0 Å². The normalized spacial score (nSPS) is 51.1. The van der Waals surface area contributed by atoms with E-state index >= 15 is 0 Å². The average molecular weight is 284 g/mol. The van der Waals surface area contributed by atoms with Crippen molar-refractivity contribution in [1.82, 2.24) is 0 Å². The lowest BCUT2D eigenvalue weighted by Gasteiger charge is -2.54. The van der Waals surface area contributed by atoms with Crippen LogP contribution in [0.3, 0.4) is 0 Å². The van der Waals surface area contributed by atoms with Crippen molar-refractivity contribution in [2.45, 2.75) is 39.5 Å². The van der Waals surface area contributed by atoms with Crippen molar-refractivity contribution in [3.8, 4) is 0 Å². The molecule has 0 heterocycles. The lowest BCUT2D eigenvalue weighted by Crippen LogP contribution is -2.49. The summed E-state index contributed by atoms with van der Waals surface area (Å²) in [6, 6.07) is 0. The lowest BCUT2D eigenvalue weighted by molar-refractivity contribution is -0.130. The van der Waals surface area contributed by atoms with Crippen LogP contribution in [0.25, 0.3) is 0 Å². The quantitative estimate of drug-likeness (QED) is 0.677. The molecule has 2 nitrogen and oxygen atoms in total. The van der Waals surface area contributed by atoms with Crippen molar-refractivity contribution in [1.29, 1.82) is 0 Å². The van der Waals surface area contributed by atoms with Gasteiger partial charge in [-0.05, 0) is 54.6 Å². The number of Topliss-reactive ketones (excluding diaryl/α,β-unsaturated/α-hetero) is 1. The number of aliphatic hydroxyl groups is 1. The Hall–Kier alpha value is -1.31. The molecule has 21 heavy (non-hydrogen) atoms. The molecule has 2 fully saturated rings. The van der Waals surface area contributed by atoms with Crippen LogP contribution in [0.4, 0.5) is 0 Å². The first-order valence-electron chi connectivity index (χ1n) is 8.27. The van der Waals surface area contributed by atoms with E-state index in [1.54, 1.807) is 0 Å². The smallest absolute Gasteiger partial charge is 0.139 e. The summed E-state index contributed by atoms with van der Waals surface area (Å²) in [5.74, 6) is 2.81. The number of carbonyl (C=O) groups is 1. The maximum atomic E-state index is 12.3. The molecule has 0 radical (unpaired) electrons. The Labute approximate surface area is 126 Å². The zero-order chi connectivity index (χ0) is 14.8. The van der Waals surface area contributed by atoms with E-state index in [-0.39, 0.29) is 10.8 Å². The number of hydrogen-bond acceptors (Lipinski definition) is 2. The molecule has 2 saturated carbocycles. The fourth-order valence-corrected chi connectivity index (χ4v) is 5.64. The lowest BCUT2D eigenvalue weighted by atomic mass is 9.49. The number of aliphatic hydroxyl groups excluding tert-OH is 1. The molecule has 4 rings (SSSR count). The molecule has 4 aliphatic carbocycles. The predicted octanol–water partition coefficient (Wildman–Crippen LogP) is 4.20. The number of hydrogen-bond donors (Lipinski definition) is 1. The second-order valence-corrected chi connectivity index (χ2v) is 7.91. The molecule has 0 aromatic rings. The van der Waals surface area contributed by atoms with Gasteiger partial charge in [0.25, 0.3) is 0 Å². The molecule has 0 aromatic carbocycles. The minimum atomic E-state index is -0.0783. The van der Waals surface area contributed by atoms with Crippen molar-refractivity contribution in [2.75, 3.05) is 0 Å². The van der Waals surface area contributed by atoms with E-state index in [0.717, 1.165) is 25.7 Å². The third-order valence-electron chi connectivity index (χ3n) is 7.06. The Bertz CT molecular complexity index is 584. The van der Waals surface area contributed by atoms with Gasteiger partial charge in [0.05, 0.1) is 0 Å². The zero-order valence-corrected chi connectivity index (χ0v) is 12.9. The van der Waals surface area contributed by atoms with E-state index in [9.17, 15) is 9.90 Å². The fourth-order valence-electron chi connectivity index (χ4n) is 5.64. The van der Waals surface area contributed by atoms with Crippen LogP contribution < -0.4 is 0 Å². The summed E-state index contributed by atoms with van der Waals surface area (Å²) in [6.07, 6.45) is 14.7. The molecule has 0 aromatic heterocycles. The molecule has 0 aliphatic heterocycles. The van der Waals surface area contributed by atoms with E-state index in [2.05, 4.69) is 32.1 Å². The Morgan fingerprint density at radius 1 is 1.19 bits per heavy atom. The van der Waals surface area contributed by atoms with Gasteiger partial charge < -0.3 is 5.11 Å². The summed E-state index contributed by atoms with van der Waals surface area (Å²) in [5, 5.41) is 9.78. The highest BCUT2D eigenvalue weighted by Gasteiger charge is 2.57. The summed E-state index contributed by atoms with van der Waals surface area (Å²) in [5.41, 5.74) is 0.0175. The van der Waals surface area contributed by atoms with Crippen LogP contribution in [-0.2, 0) is 4.79 Å². The topological polar surface area (TPSA) is 37.3 Å². The molecule has 4 aliphatic rings. The van der Waals surface area contributed by atoms with Crippen molar-refractivity contribution in [2.24, 2.45) is 34.5 Å². The van der Waals surface area contributed by atoms with Gasteiger partial charge in [0, 0.05) is 17.8 Å². The largest absolute Gasteiger partial charge is 0.508 e. The van der Waals surface area contributed by atoms with Crippen LogP contribution in [0.5, 0.6) is 0 Å². The average Bonchev–Trinajstić information content (AvgIpc) is 2.76. The van der Waals surface area contributed by atoms with Crippen molar-refractivity contribution < 1.29 is 9.90 Å². The molecule has 2 heteroatoms. The number of fused-ring (bicyclic) bond motifs is 5. The molecular formula is C19H24O2. The second kappa shape index (κ2) is 4.12. The first kappa shape index (κ1) is 13.4. The molecule has 1 N–H and O–H groups in total. The SMILES string of the molecule is C[C@]12C=CC(O)=CC1C=C[C@@H]1[C@H]2CC[C@]2(C)C(=O)CC[C@@H]12. The molecule has 6 atom stereocenters. The van der Waals surface area contributed by atoms with E-state index in [4.69, 9.17) is 0 Å². The van der Waals surface area contributed by atoms with Crippen LogP contribution in [0.2, 0.25) is 0 Å². The van der Waals surface area contributed by atoms with Crippen LogP contribution in [0.15, 0.2) is 36.1 Å². The Morgan fingerprint density at radius 2 is 2.00 bits per heavy atom. The minimum Gasteiger partial charge on any atom is -0.508 e. The molecule has 112 valence electrons. The van der Waals surface area contributed by atoms with Gasteiger partial charge in [-0.3, -0.25) is 4.79 Å².